The van der Waals surface area contributed by atoms with Crippen molar-refractivity contribution in [3.05, 3.63) is 68.7 Å². The molecule has 3 N–H and O–H groups in total. The number of hydrogen-bond donors (Lipinski definition) is 2. The molecule has 0 saturated carbocycles. The largest absolute Gasteiger partial charge is 0.452 e. The van der Waals surface area contributed by atoms with E-state index in [0.717, 1.165) is 11.6 Å². The summed E-state index contributed by atoms with van der Waals surface area (Å²) in [7, 11) is 0. The Bertz CT molecular complexity index is 856. The third-order valence-corrected chi connectivity index (χ3v) is 3.90. The van der Waals surface area contributed by atoms with E-state index in [1.165, 1.54) is 12.1 Å². The Balaban J connectivity index is 1.97. The van der Waals surface area contributed by atoms with Crippen molar-refractivity contribution in [2.75, 3.05) is 12.3 Å². The number of nitrogen functional groups attached to an aromatic ring is 1. The van der Waals surface area contributed by atoms with Gasteiger partial charge >= 0.3 is 5.97 Å². The van der Waals surface area contributed by atoms with Crippen LogP contribution >= 0.6 is 11.6 Å². The maximum atomic E-state index is 12.0. The van der Waals surface area contributed by atoms with Gasteiger partial charge in [-0.3, -0.25) is 14.9 Å². The van der Waals surface area contributed by atoms with Gasteiger partial charge in [0.15, 0.2) is 6.61 Å². The summed E-state index contributed by atoms with van der Waals surface area (Å²) in [5, 5.41) is 13.9. The number of nitro groups is 1. The lowest BCUT2D eigenvalue weighted by atomic mass is 10.1. The molecule has 2 rings (SSSR count). The number of benzene rings is 2. The first-order valence-electron chi connectivity index (χ1n) is 7.54. The molecule has 0 bridgehead atoms. The van der Waals surface area contributed by atoms with Crippen LogP contribution in [0.5, 0.6) is 0 Å². The third kappa shape index (κ3) is 4.70. The van der Waals surface area contributed by atoms with Crippen molar-refractivity contribution in [1.82, 2.24) is 5.32 Å². The molecule has 0 fully saturated rings. The SMILES string of the molecule is C[C@H](NC(=O)COC(=O)c1cc([N+](=O)[O-])ccc1N)c1ccccc1Cl. The van der Waals surface area contributed by atoms with Gasteiger partial charge in [0.2, 0.25) is 0 Å². The fourth-order valence-corrected chi connectivity index (χ4v) is 2.53. The molecule has 0 heterocycles. The average Bonchev–Trinajstić information content (AvgIpc) is 2.60. The normalized spacial score (nSPS) is 11.5. The van der Waals surface area contributed by atoms with Gasteiger partial charge in [0.05, 0.1) is 16.5 Å². The Morgan fingerprint density at radius 1 is 1.31 bits per heavy atom. The van der Waals surface area contributed by atoms with Crippen LogP contribution in [0, 0.1) is 10.1 Å². The fraction of sp³-hybridized carbons (Fsp3) is 0.176. The Morgan fingerprint density at radius 2 is 2.00 bits per heavy atom. The zero-order valence-corrected chi connectivity index (χ0v) is 14.5. The molecule has 0 unspecified atom stereocenters. The average molecular weight is 378 g/mol. The van der Waals surface area contributed by atoms with Crippen LogP contribution in [0.2, 0.25) is 5.02 Å². The van der Waals surface area contributed by atoms with Gasteiger partial charge in [0, 0.05) is 22.8 Å². The smallest absolute Gasteiger partial charge is 0.341 e. The van der Waals surface area contributed by atoms with Gasteiger partial charge in [-0.25, -0.2) is 4.79 Å². The molecule has 8 nitrogen and oxygen atoms in total. The maximum Gasteiger partial charge on any atom is 0.341 e. The number of nitrogens with two attached hydrogens (primary N) is 1. The van der Waals surface area contributed by atoms with Gasteiger partial charge in [-0.2, -0.15) is 0 Å². The Hall–Kier alpha value is -3.13. The van der Waals surface area contributed by atoms with Crippen LogP contribution in [-0.2, 0) is 9.53 Å². The molecule has 0 saturated heterocycles. The number of carbonyl (C=O) groups excluding carboxylic acids is 2. The van der Waals surface area contributed by atoms with E-state index in [-0.39, 0.29) is 16.9 Å². The van der Waals surface area contributed by atoms with Crippen LogP contribution in [0.1, 0.15) is 28.9 Å². The predicted molar refractivity (Wildman–Crippen MR) is 95.8 cm³/mol. The highest BCUT2D eigenvalue weighted by atomic mass is 35.5. The van der Waals surface area contributed by atoms with E-state index in [1.807, 2.05) is 0 Å². The molecule has 0 aliphatic heterocycles. The number of nitrogens with one attached hydrogen (secondary N) is 1. The summed E-state index contributed by atoms with van der Waals surface area (Å²) in [4.78, 5) is 34.1. The first-order valence-corrected chi connectivity index (χ1v) is 7.92. The van der Waals surface area contributed by atoms with E-state index in [2.05, 4.69) is 5.32 Å². The molecule has 2 aromatic rings. The number of amides is 1. The molecule has 0 aromatic heterocycles. The van der Waals surface area contributed by atoms with E-state index >= 15 is 0 Å². The van der Waals surface area contributed by atoms with Crippen molar-refractivity contribution in [3.8, 4) is 0 Å². The zero-order valence-electron chi connectivity index (χ0n) is 13.8. The van der Waals surface area contributed by atoms with Gasteiger partial charge in [-0.1, -0.05) is 29.8 Å². The molecular weight excluding hydrogens is 362 g/mol. The minimum Gasteiger partial charge on any atom is -0.452 e. The van der Waals surface area contributed by atoms with E-state index in [0.29, 0.717) is 5.02 Å². The van der Waals surface area contributed by atoms with Gasteiger partial charge in [-0.15, -0.1) is 0 Å². The summed E-state index contributed by atoms with van der Waals surface area (Å²) < 4.78 is 4.89. The number of anilines is 1. The first kappa shape index (κ1) is 19.2. The van der Waals surface area contributed by atoms with Crippen LogP contribution in [0.4, 0.5) is 11.4 Å². The van der Waals surface area contributed by atoms with Crippen molar-refractivity contribution in [1.29, 1.82) is 0 Å². The van der Waals surface area contributed by atoms with E-state index in [4.69, 9.17) is 22.1 Å². The second-order valence-electron chi connectivity index (χ2n) is 5.42. The van der Waals surface area contributed by atoms with Gasteiger partial charge in [0.1, 0.15) is 0 Å². The number of carbonyl (C=O) groups is 2. The standard InChI is InChI=1S/C17H16ClN3O5/c1-10(12-4-2-3-5-14(12)18)20-16(22)9-26-17(23)13-8-11(21(24)25)6-7-15(13)19/h2-8,10H,9,19H2,1H3,(H,20,22)/t10-/m0/s1. The van der Waals surface area contributed by atoms with Crippen LogP contribution in [0.3, 0.4) is 0 Å². The molecule has 0 aliphatic rings. The molecular formula is C17H16ClN3O5. The summed E-state index contributed by atoms with van der Waals surface area (Å²) >= 11 is 6.06. The van der Waals surface area contributed by atoms with Crippen molar-refractivity contribution in [2.45, 2.75) is 13.0 Å². The third-order valence-electron chi connectivity index (χ3n) is 3.55. The van der Waals surface area contributed by atoms with Crippen LogP contribution in [-0.4, -0.2) is 23.4 Å². The Kier molecular flexibility index (Phi) is 6.13. The number of non-ortho nitro benzene ring substituents is 1. The lowest BCUT2D eigenvalue weighted by Gasteiger charge is -2.15. The zero-order chi connectivity index (χ0) is 19.3. The quantitative estimate of drug-likeness (QED) is 0.345. The molecule has 0 spiro atoms. The van der Waals surface area contributed by atoms with E-state index in [9.17, 15) is 19.7 Å². The molecule has 0 radical (unpaired) electrons. The lowest BCUT2D eigenvalue weighted by Crippen LogP contribution is -2.31. The highest BCUT2D eigenvalue weighted by Gasteiger charge is 2.18. The number of nitrogens with zero attached hydrogens (tertiary/aromatic N) is 1. The fourth-order valence-electron chi connectivity index (χ4n) is 2.23. The number of esters is 1. The topological polar surface area (TPSA) is 125 Å². The van der Waals surface area contributed by atoms with Crippen LogP contribution in [0.25, 0.3) is 0 Å². The molecule has 1 amide bonds. The summed E-state index contributed by atoms with van der Waals surface area (Å²) in [5.74, 6) is -1.47. The lowest BCUT2D eigenvalue weighted by molar-refractivity contribution is -0.384. The number of ether oxygens (including phenoxy) is 1. The summed E-state index contributed by atoms with van der Waals surface area (Å²) in [6, 6.07) is 10.0. The highest BCUT2D eigenvalue weighted by molar-refractivity contribution is 6.31. The number of nitro benzene ring substituents is 1. The molecule has 136 valence electrons. The van der Waals surface area contributed by atoms with Crippen molar-refractivity contribution in [2.24, 2.45) is 0 Å². The number of halogens is 1. The van der Waals surface area contributed by atoms with Crippen LogP contribution < -0.4 is 11.1 Å². The first-order chi connectivity index (χ1) is 12.3. The number of hydrogen-bond acceptors (Lipinski definition) is 6. The van der Waals surface area contributed by atoms with Crippen molar-refractivity contribution >= 4 is 34.9 Å². The summed E-state index contributed by atoms with van der Waals surface area (Å²) in [5.41, 5.74) is 5.89. The van der Waals surface area contributed by atoms with Gasteiger partial charge in [-0.05, 0) is 24.6 Å². The summed E-state index contributed by atoms with van der Waals surface area (Å²) in [6.07, 6.45) is 0. The molecule has 26 heavy (non-hydrogen) atoms. The molecule has 0 aliphatic carbocycles. The number of rotatable bonds is 6. The molecule has 9 heteroatoms. The minimum atomic E-state index is -0.924. The second-order valence-corrected chi connectivity index (χ2v) is 5.82. The van der Waals surface area contributed by atoms with Crippen molar-refractivity contribution in [3.63, 3.8) is 0 Å². The predicted octanol–water partition coefficient (Wildman–Crippen LogP) is 2.86. The molecule has 1 atom stereocenters. The van der Waals surface area contributed by atoms with E-state index < -0.39 is 29.4 Å². The summed E-state index contributed by atoms with van der Waals surface area (Å²) in [6.45, 7) is 1.18. The monoisotopic (exact) mass is 377 g/mol. The highest BCUT2D eigenvalue weighted by Crippen LogP contribution is 2.22. The van der Waals surface area contributed by atoms with Gasteiger partial charge < -0.3 is 15.8 Å². The Morgan fingerprint density at radius 3 is 2.65 bits per heavy atom. The van der Waals surface area contributed by atoms with E-state index in [1.54, 1.807) is 31.2 Å². The minimum absolute atomic E-state index is 0.0189. The maximum absolute atomic E-state index is 12.0. The van der Waals surface area contributed by atoms with Gasteiger partial charge in [0.25, 0.3) is 11.6 Å². The second kappa shape index (κ2) is 8.30. The molecule has 2 aromatic carbocycles. The Labute approximate surface area is 154 Å². The van der Waals surface area contributed by atoms with Crippen molar-refractivity contribution < 1.29 is 19.2 Å². The van der Waals surface area contributed by atoms with Crippen LogP contribution in [0.15, 0.2) is 42.5 Å².